The molecule has 0 radical (unpaired) electrons. The Morgan fingerprint density at radius 3 is 2.52 bits per heavy atom. The Bertz CT molecular complexity index is 646. The molecule has 0 aromatic carbocycles. The molecule has 1 heterocycles. The molecule has 118 valence electrons. The van der Waals surface area contributed by atoms with Gasteiger partial charge in [0.05, 0.1) is 16.8 Å². The quantitative estimate of drug-likeness (QED) is 0.284. The van der Waals surface area contributed by atoms with Crippen molar-refractivity contribution in [3.8, 4) is 0 Å². The van der Waals surface area contributed by atoms with Crippen LogP contribution in [0.3, 0.4) is 0 Å². The molecule has 1 rings (SSSR count). The van der Waals surface area contributed by atoms with Gasteiger partial charge in [0.2, 0.25) is 5.96 Å². The first kappa shape index (κ1) is 17.2. The van der Waals surface area contributed by atoms with Crippen molar-refractivity contribution >= 4 is 20.5 Å². The van der Waals surface area contributed by atoms with Crippen LogP contribution in [0.15, 0.2) is 22.7 Å². The summed E-state index contributed by atoms with van der Waals surface area (Å²) >= 11 is 0. The average molecular weight is 324 g/mol. The van der Waals surface area contributed by atoms with E-state index in [2.05, 4.69) is 19.7 Å². The number of hydroxylamine groups is 1. The molecule has 10 heteroatoms. The molecule has 0 saturated heterocycles. The third kappa shape index (κ3) is 4.60. The second-order valence-electron chi connectivity index (χ2n) is 4.07. The van der Waals surface area contributed by atoms with Crippen LogP contribution in [-0.4, -0.2) is 33.4 Å². The maximum absolute atomic E-state index is 12.4. The zero-order valence-electron chi connectivity index (χ0n) is 11.6. The van der Waals surface area contributed by atoms with E-state index >= 15 is 0 Å². The predicted octanol–water partition coefficient (Wildman–Crippen LogP) is 0.936. The van der Waals surface area contributed by atoms with E-state index in [0.717, 1.165) is 12.3 Å². The van der Waals surface area contributed by atoms with Gasteiger partial charge >= 0.3 is 6.18 Å². The lowest BCUT2D eigenvalue weighted by Gasteiger charge is -2.10. The van der Waals surface area contributed by atoms with Crippen LogP contribution in [0.25, 0.3) is 0 Å². The highest BCUT2D eigenvalue weighted by Crippen LogP contribution is 2.27. The van der Waals surface area contributed by atoms with E-state index in [1.165, 1.54) is 26.4 Å². The molecule has 1 atom stereocenters. The van der Waals surface area contributed by atoms with E-state index in [4.69, 9.17) is 5.73 Å². The van der Waals surface area contributed by atoms with Crippen molar-refractivity contribution in [1.82, 2.24) is 10.5 Å². The molecule has 21 heavy (non-hydrogen) atoms. The summed E-state index contributed by atoms with van der Waals surface area (Å²) in [6, 6.07) is 2.00. The Hall–Kier alpha value is -1.81. The van der Waals surface area contributed by atoms with E-state index in [-0.39, 0.29) is 16.4 Å². The highest BCUT2D eigenvalue weighted by Gasteiger charge is 2.32. The van der Waals surface area contributed by atoms with Crippen LogP contribution in [0.1, 0.15) is 18.2 Å². The van der Waals surface area contributed by atoms with Gasteiger partial charge in [-0.1, -0.05) is 6.07 Å². The third-order valence-electron chi connectivity index (χ3n) is 2.51. The molecule has 3 N–H and O–H groups in total. The molecule has 0 saturated carbocycles. The molecule has 0 aliphatic heterocycles. The van der Waals surface area contributed by atoms with Crippen LogP contribution < -0.4 is 11.2 Å². The molecule has 1 unspecified atom stereocenters. The van der Waals surface area contributed by atoms with E-state index in [9.17, 15) is 17.4 Å². The number of guanidine groups is 1. The normalized spacial score (nSPS) is 15.4. The van der Waals surface area contributed by atoms with Crippen molar-refractivity contribution in [2.24, 2.45) is 10.1 Å². The van der Waals surface area contributed by atoms with Gasteiger partial charge in [-0.2, -0.15) is 17.6 Å². The van der Waals surface area contributed by atoms with Crippen molar-refractivity contribution in [2.75, 3.05) is 13.4 Å². The second-order valence-corrected chi connectivity index (χ2v) is 6.47. The standard InChI is InChI=1S/C11H15F3N4O2S/c1-7(21(3,19)18-10(15)17-20-2)8-4-5-9(16-6-8)11(12,13)14/h4-6H,1-3H3,(H3,15,17,18,19). The summed E-state index contributed by atoms with van der Waals surface area (Å²) in [6.07, 6.45) is -2.22. The molecule has 0 aliphatic carbocycles. The maximum atomic E-state index is 12.4. The van der Waals surface area contributed by atoms with Crippen molar-refractivity contribution in [1.29, 1.82) is 0 Å². The van der Waals surface area contributed by atoms with Gasteiger partial charge in [-0.25, -0.2) is 9.69 Å². The lowest BCUT2D eigenvalue weighted by molar-refractivity contribution is -0.141. The number of pyridine rings is 1. The van der Waals surface area contributed by atoms with Crippen LogP contribution in [0.4, 0.5) is 13.2 Å². The number of rotatable bonds is 3. The molecule has 1 aromatic heterocycles. The fourth-order valence-corrected chi connectivity index (χ4v) is 2.48. The second kappa shape index (κ2) is 6.31. The smallest absolute Gasteiger partial charge is 0.367 e. The molecule has 1 aromatic rings. The van der Waals surface area contributed by atoms with Gasteiger partial charge in [-0.3, -0.25) is 9.82 Å². The molecular weight excluding hydrogens is 309 g/mol. The number of nitrogens with one attached hydrogen (secondary N) is 1. The summed E-state index contributed by atoms with van der Waals surface area (Å²) in [5, 5.41) is 0. The van der Waals surface area contributed by atoms with Gasteiger partial charge in [-0.05, 0) is 13.0 Å². The average Bonchev–Trinajstić information content (AvgIpc) is 2.36. The topological polar surface area (TPSA) is 89.6 Å². The summed E-state index contributed by atoms with van der Waals surface area (Å²) in [5.41, 5.74) is 6.89. The van der Waals surface area contributed by atoms with Crippen molar-refractivity contribution in [2.45, 2.75) is 13.1 Å². The number of alkyl halides is 3. The highest BCUT2D eigenvalue weighted by atomic mass is 32.2. The first-order valence-corrected chi connectivity index (χ1v) is 7.51. The van der Waals surface area contributed by atoms with Gasteiger partial charge in [0.1, 0.15) is 5.69 Å². The lowest BCUT2D eigenvalue weighted by atomic mass is 10.2. The summed E-state index contributed by atoms with van der Waals surface area (Å²) < 4.78 is 53.4. The number of hydrogen-bond donors (Lipinski definition) is 2. The Balaban J connectivity index is 3.23. The van der Waals surface area contributed by atoms with Gasteiger partial charge < -0.3 is 5.73 Å². The lowest BCUT2D eigenvalue weighted by Crippen LogP contribution is -2.32. The number of nitrogens with two attached hydrogens (primary N) is 1. The molecule has 0 bridgehead atoms. The van der Waals surface area contributed by atoms with Crippen molar-refractivity contribution in [3.63, 3.8) is 0 Å². The van der Waals surface area contributed by atoms with Crippen LogP contribution >= 0.6 is 0 Å². The molecule has 0 aliphatic rings. The van der Waals surface area contributed by atoms with Crippen LogP contribution in [-0.2, 0) is 20.7 Å². The van der Waals surface area contributed by atoms with Crippen LogP contribution in [0, 0.1) is 0 Å². The first-order chi connectivity index (χ1) is 9.58. The molecule has 0 amide bonds. The minimum Gasteiger partial charge on any atom is -0.367 e. The monoisotopic (exact) mass is 324 g/mol. The van der Waals surface area contributed by atoms with E-state index in [0.29, 0.717) is 0 Å². The molecule has 0 spiro atoms. The van der Waals surface area contributed by atoms with Crippen molar-refractivity contribution < 1.29 is 22.2 Å². The number of hydrogen-bond acceptors (Lipinski definition) is 3. The van der Waals surface area contributed by atoms with E-state index in [1.807, 2.05) is 0 Å². The highest BCUT2D eigenvalue weighted by molar-refractivity contribution is 8.01. The Kier molecular flexibility index (Phi) is 5.18. The Morgan fingerprint density at radius 2 is 2.10 bits per heavy atom. The molecule has 0 fully saturated rings. The maximum Gasteiger partial charge on any atom is 0.433 e. The van der Waals surface area contributed by atoms with Gasteiger partial charge in [-0.15, -0.1) is 0 Å². The summed E-state index contributed by atoms with van der Waals surface area (Å²) in [5.74, 6) is -0.204. The number of aromatic nitrogens is 1. The van der Waals surface area contributed by atoms with Gasteiger partial charge in [0.25, 0.3) is 0 Å². The zero-order chi connectivity index (χ0) is 16.3. The largest absolute Gasteiger partial charge is 0.433 e. The van der Waals surface area contributed by atoms with E-state index < -0.39 is 21.6 Å². The Morgan fingerprint density at radius 1 is 1.48 bits per heavy atom. The van der Waals surface area contributed by atoms with Gasteiger partial charge in [0, 0.05) is 22.9 Å². The summed E-state index contributed by atoms with van der Waals surface area (Å²) in [6.45, 7) is 1.48. The number of halogens is 3. The first-order valence-electron chi connectivity index (χ1n) is 5.58. The number of nitrogens with zero attached hydrogens (tertiary/aromatic N) is 2. The zero-order valence-corrected chi connectivity index (χ0v) is 12.4. The molecular formula is C11H15F3N4O2S. The van der Waals surface area contributed by atoms with E-state index in [1.54, 1.807) is 0 Å². The minimum absolute atomic E-state index is 0.204. The summed E-state index contributed by atoms with van der Waals surface area (Å²) in [7, 11) is -1.62. The Labute approximate surface area is 120 Å². The van der Waals surface area contributed by atoms with Crippen molar-refractivity contribution in [3.05, 3.63) is 29.6 Å². The minimum atomic E-state index is -4.52. The fourth-order valence-electron chi connectivity index (χ4n) is 1.37. The molecule has 6 nitrogen and oxygen atoms in total. The third-order valence-corrected chi connectivity index (χ3v) is 4.42. The summed E-state index contributed by atoms with van der Waals surface area (Å²) in [4.78, 5) is 8.07. The van der Waals surface area contributed by atoms with Crippen LogP contribution in [0.5, 0.6) is 0 Å². The van der Waals surface area contributed by atoms with Gasteiger partial charge in [0.15, 0.2) is 0 Å². The van der Waals surface area contributed by atoms with Crippen LogP contribution in [0.2, 0.25) is 0 Å². The predicted molar refractivity (Wildman–Crippen MR) is 74.9 cm³/mol. The fraction of sp³-hybridized carbons (Fsp3) is 0.364. The SMILES string of the molecule is CONC(N)=NS(C)(=O)=C(C)c1ccc(C(F)(F)F)nc1.